The second-order valence-corrected chi connectivity index (χ2v) is 10.3. The number of carbonyl (C=O) groups is 1. The number of thioether (sulfide) groups is 1. The SMILES string of the molecule is C=C(C)Cn1c(SCC(=O)Nc2c(C)cccc2C)nc2sc3c(c2c1=O)CCCC3. The van der Waals surface area contributed by atoms with Crippen LogP contribution in [-0.2, 0) is 24.2 Å². The molecule has 0 aliphatic heterocycles. The Morgan fingerprint density at radius 3 is 2.68 bits per heavy atom. The quantitative estimate of drug-likeness (QED) is 0.314. The van der Waals surface area contributed by atoms with Crippen LogP contribution in [0.4, 0.5) is 5.69 Å². The van der Waals surface area contributed by atoms with Crippen molar-refractivity contribution in [2.75, 3.05) is 11.1 Å². The smallest absolute Gasteiger partial charge is 0.263 e. The molecule has 0 bridgehead atoms. The normalized spacial score (nSPS) is 13.3. The topological polar surface area (TPSA) is 64.0 Å². The number of nitrogens with one attached hydrogen (secondary N) is 1. The van der Waals surface area contributed by atoms with Gasteiger partial charge in [0.1, 0.15) is 4.83 Å². The van der Waals surface area contributed by atoms with Crippen molar-refractivity contribution >= 4 is 44.9 Å². The molecule has 31 heavy (non-hydrogen) atoms. The Morgan fingerprint density at radius 1 is 1.26 bits per heavy atom. The molecule has 1 aromatic carbocycles. The molecule has 1 aliphatic carbocycles. The van der Waals surface area contributed by atoms with E-state index in [0.717, 1.165) is 51.9 Å². The summed E-state index contributed by atoms with van der Waals surface area (Å²) < 4.78 is 1.68. The van der Waals surface area contributed by atoms with E-state index in [0.29, 0.717) is 11.7 Å². The maximum absolute atomic E-state index is 13.4. The first-order valence-corrected chi connectivity index (χ1v) is 12.3. The number of rotatable bonds is 6. The highest BCUT2D eigenvalue weighted by molar-refractivity contribution is 7.99. The minimum atomic E-state index is -0.107. The summed E-state index contributed by atoms with van der Waals surface area (Å²) in [6.07, 6.45) is 4.26. The molecule has 162 valence electrons. The van der Waals surface area contributed by atoms with Gasteiger partial charge in [-0.2, -0.15) is 0 Å². The lowest BCUT2D eigenvalue weighted by molar-refractivity contribution is -0.113. The summed E-state index contributed by atoms with van der Waals surface area (Å²) in [7, 11) is 0. The van der Waals surface area contributed by atoms with Gasteiger partial charge in [0, 0.05) is 17.1 Å². The van der Waals surface area contributed by atoms with Crippen LogP contribution in [0.5, 0.6) is 0 Å². The molecule has 0 radical (unpaired) electrons. The Bertz CT molecular complexity index is 1220. The van der Waals surface area contributed by atoms with Crippen LogP contribution in [0.1, 0.15) is 41.3 Å². The fourth-order valence-electron chi connectivity index (χ4n) is 4.06. The number of aromatic nitrogens is 2. The number of allylic oxidation sites excluding steroid dienone is 1. The first kappa shape index (κ1) is 21.8. The minimum Gasteiger partial charge on any atom is -0.325 e. The number of fused-ring (bicyclic) bond motifs is 3. The Hall–Kier alpha value is -2.38. The highest BCUT2D eigenvalue weighted by Gasteiger charge is 2.22. The lowest BCUT2D eigenvalue weighted by Gasteiger charge is -2.14. The molecular formula is C24H27N3O2S2. The Balaban J connectivity index is 1.64. The van der Waals surface area contributed by atoms with Crippen molar-refractivity contribution in [3.63, 3.8) is 0 Å². The summed E-state index contributed by atoms with van der Waals surface area (Å²) >= 11 is 2.94. The van der Waals surface area contributed by atoms with E-state index in [4.69, 9.17) is 4.98 Å². The van der Waals surface area contributed by atoms with Gasteiger partial charge in [-0.3, -0.25) is 14.2 Å². The molecule has 1 amide bonds. The van der Waals surface area contributed by atoms with Gasteiger partial charge in [0.05, 0.1) is 11.1 Å². The van der Waals surface area contributed by atoms with Gasteiger partial charge in [0.25, 0.3) is 5.56 Å². The van der Waals surface area contributed by atoms with Gasteiger partial charge in [-0.1, -0.05) is 42.1 Å². The third kappa shape index (κ3) is 4.48. The summed E-state index contributed by atoms with van der Waals surface area (Å²) in [4.78, 5) is 33.0. The van der Waals surface area contributed by atoms with E-state index in [-0.39, 0.29) is 17.2 Å². The van der Waals surface area contributed by atoms with Crippen LogP contribution >= 0.6 is 23.1 Å². The second-order valence-electron chi connectivity index (χ2n) is 8.24. The molecule has 5 nitrogen and oxygen atoms in total. The molecule has 2 heterocycles. The lowest BCUT2D eigenvalue weighted by atomic mass is 9.97. The van der Waals surface area contributed by atoms with Crippen LogP contribution in [-0.4, -0.2) is 21.2 Å². The average molecular weight is 454 g/mol. The highest BCUT2D eigenvalue weighted by atomic mass is 32.2. The standard InChI is InChI=1S/C24H27N3O2S2/c1-14(2)12-27-23(29)20-17-10-5-6-11-18(17)31-22(20)26-24(27)30-13-19(28)25-21-15(3)8-7-9-16(21)4/h7-9H,1,5-6,10-13H2,2-4H3,(H,25,28). The van der Waals surface area contributed by atoms with Gasteiger partial charge >= 0.3 is 0 Å². The summed E-state index contributed by atoms with van der Waals surface area (Å²) in [5.41, 5.74) is 4.96. The first-order chi connectivity index (χ1) is 14.8. The van der Waals surface area contributed by atoms with E-state index in [2.05, 4.69) is 11.9 Å². The van der Waals surface area contributed by atoms with Crippen molar-refractivity contribution in [3.8, 4) is 0 Å². The van der Waals surface area contributed by atoms with Crippen LogP contribution in [0.3, 0.4) is 0 Å². The van der Waals surface area contributed by atoms with E-state index in [1.54, 1.807) is 15.9 Å². The van der Waals surface area contributed by atoms with E-state index >= 15 is 0 Å². The van der Waals surface area contributed by atoms with Gasteiger partial charge in [0.2, 0.25) is 5.91 Å². The van der Waals surface area contributed by atoms with Gasteiger partial charge in [0.15, 0.2) is 5.16 Å². The van der Waals surface area contributed by atoms with Crippen molar-refractivity contribution < 1.29 is 4.79 Å². The first-order valence-electron chi connectivity index (χ1n) is 10.5. The zero-order chi connectivity index (χ0) is 22.1. The van der Waals surface area contributed by atoms with Crippen molar-refractivity contribution in [2.45, 2.75) is 58.2 Å². The average Bonchev–Trinajstić information content (AvgIpc) is 3.10. The highest BCUT2D eigenvalue weighted by Crippen LogP contribution is 2.34. The summed E-state index contributed by atoms with van der Waals surface area (Å²) in [5, 5.41) is 4.36. The molecular weight excluding hydrogens is 426 g/mol. The molecule has 2 aromatic heterocycles. The monoisotopic (exact) mass is 453 g/mol. The number of thiophene rings is 1. The molecule has 1 aliphatic rings. The predicted octanol–water partition coefficient (Wildman–Crippen LogP) is 5.26. The second kappa shape index (κ2) is 9.01. The van der Waals surface area contributed by atoms with Crippen LogP contribution in [0, 0.1) is 13.8 Å². The molecule has 3 aromatic rings. The summed E-state index contributed by atoms with van der Waals surface area (Å²) in [5.74, 6) is 0.0802. The van der Waals surface area contributed by atoms with Gasteiger partial charge in [-0.15, -0.1) is 11.3 Å². The number of benzene rings is 1. The molecule has 1 N–H and O–H groups in total. The molecule has 0 fully saturated rings. The third-order valence-corrected chi connectivity index (χ3v) is 7.71. The van der Waals surface area contributed by atoms with Crippen LogP contribution in [0.2, 0.25) is 0 Å². The maximum atomic E-state index is 13.4. The van der Waals surface area contributed by atoms with Crippen molar-refractivity contribution in [2.24, 2.45) is 0 Å². The summed E-state index contributed by atoms with van der Waals surface area (Å²) in [6, 6.07) is 5.94. The fourth-order valence-corrected chi connectivity index (χ4v) is 6.16. The number of para-hydroxylation sites is 1. The van der Waals surface area contributed by atoms with Crippen LogP contribution in [0.15, 0.2) is 40.3 Å². The van der Waals surface area contributed by atoms with Gasteiger partial charge in [-0.25, -0.2) is 4.98 Å². The van der Waals surface area contributed by atoms with Crippen LogP contribution in [0.25, 0.3) is 10.2 Å². The van der Waals surface area contributed by atoms with E-state index in [1.807, 2.05) is 39.0 Å². The van der Waals surface area contributed by atoms with Gasteiger partial charge in [-0.05, 0) is 63.1 Å². The largest absolute Gasteiger partial charge is 0.325 e. The van der Waals surface area contributed by atoms with Gasteiger partial charge < -0.3 is 5.32 Å². The molecule has 7 heteroatoms. The van der Waals surface area contributed by atoms with Crippen molar-refractivity contribution in [1.29, 1.82) is 0 Å². The Labute approximate surface area is 190 Å². The van der Waals surface area contributed by atoms with Crippen LogP contribution < -0.4 is 10.9 Å². The number of hydrogen-bond donors (Lipinski definition) is 1. The zero-order valence-electron chi connectivity index (χ0n) is 18.2. The maximum Gasteiger partial charge on any atom is 0.263 e. The molecule has 4 rings (SSSR count). The number of nitrogens with zero attached hydrogens (tertiary/aromatic N) is 2. The summed E-state index contributed by atoms with van der Waals surface area (Å²) in [6.45, 7) is 10.3. The minimum absolute atomic E-state index is 0.00921. The molecule has 0 spiro atoms. The Morgan fingerprint density at radius 2 is 1.97 bits per heavy atom. The molecule has 0 saturated heterocycles. The predicted molar refractivity (Wildman–Crippen MR) is 131 cm³/mol. The number of hydrogen-bond acceptors (Lipinski definition) is 5. The molecule has 0 saturated carbocycles. The zero-order valence-corrected chi connectivity index (χ0v) is 19.8. The third-order valence-electron chi connectivity index (χ3n) is 5.55. The fraction of sp³-hybridized carbons (Fsp3) is 0.375. The number of aryl methyl sites for hydroxylation is 4. The van der Waals surface area contributed by atoms with E-state index in [1.165, 1.54) is 28.6 Å². The van der Waals surface area contributed by atoms with E-state index < -0.39 is 0 Å². The number of carbonyl (C=O) groups excluding carboxylic acids is 1. The lowest BCUT2D eigenvalue weighted by Crippen LogP contribution is -2.25. The number of amides is 1. The number of anilines is 1. The van der Waals surface area contributed by atoms with E-state index in [9.17, 15) is 9.59 Å². The molecule has 0 unspecified atom stereocenters. The van der Waals surface area contributed by atoms with Crippen molar-refractivity contribution in [3.05, 3.63) is 62.3 Å². The molecule has 0 atom stereocenters. The Kier molecular flexibility index (Phi) is 6.34. The van der Waals surface area contributed by atoms with Crippen molar-refractivity contribution in [1.82, 2.24) is 9.55 Å².